The van der Waals surface area contributed by atoms with E-state index in [0.29, 0.717) is 12.0 Å². The van der Waals surface area contributed by atoms with Gasteiger partial charge >= 0.3 is 0 Å². The summed E-state index contributed by atoms with van der Waals surface area (Å²) in [6, 6.07) is 0. The van der Waals surface area contributed by atoms with Crippen LogP contribution in [-0.4, -0.2) is 31.3 Å². The molecule has 3 nitrogen and oxygen atoms in total. The van der Waals surface area contributed by atoms with Crippen molar-refractivity contribution >= 4 is 0 Å². The van der Waals surface area contributed by atoms with Gasteiger partial charge in [0.1, 0.15) is 0 Å². The van der Waals surface area contributed by atoms with Gasteiger partial charge in [-0.2, -0.15) is 0 Å². The maximum absolute atomic E-state index is 6.05. The van der Waals surface area contributed by atoms with Crippen LogP contribution < -0.4 is 11.1 Å². The van der Waals surface area contributed by atoms with Crippen LogP contribution in [-0.2, 0) is 4.74 Å². The number of hydrogen-bond acceptors (Lipinski definition) is 3. The van der Waals surface area contributed by atoms with Gasteiger partial charge in [0.25, 0.3) is 0 Å². The molecule has 0 spiro atoms. The van der Waals surface area contributed by atoms with Crippen molar-refractivity contribution in [1.29, 1.82) is 0 Å². The molecule has 0 aromatic rings. The molecule has 1 aliphatic rings. The molecule has 0 radical (unpaired) electrons. The second-order valence-corrected chi connectivity index (χ2v) is 6.16. The van der Waals surface area contributed by atoms with Crippen molar-refractivity contribution in [2.24, 2.45) is 17.6 Å². The molecule has 0 bridgehead atoms. The molecule has 1 saturated heterocycles. The molecule has 1 fully saturated rings. The van der Waals surface area contributed by atoms with E-state index in [-0.39, 0.29) is 5.54 Å². The van der Waals surface area contributed by atoms with Gasteiger partial charge in [-0.1, -0.05) is 40.5 Å². The highest BCUT2D eigenvalue weighted by Crippen LogP contribution is 2.28. The lowest BCUT2D eigenvalue weighted by atomic mass is 9.82. The summed E-state index contributed by atoms with van der Waals surface area (Å²) < 4.78 is 5.86. The number of ether oxygens (including phenoxy) is 1. The lowest BCUT2D eigenvalue weighted by molar-refractivity contribution is -0.0500. The van der Waals surface area contributed by atoms with E-state index in [4.69, 9.17) is 10.5 Å². The average Bonchev–Trinajstić information content (AvgIpc) is 2.40. The van der Waals surface area contributed by atoms with Crippen molar-refractivity contribution < 1.29 is 4.74 Å². The van der Waals surface area contributed by atoms with E-state index in [1.807, 2.05) is 0 Å². The van der Waals surface area contributed by atoms with E-state index in [9.17, 15) is 0 Å². The lowest BCUT2D eigenvalue weighted by Gasteiger charge is -2.43. The highest BCUT2D eigenvalue weighted by Gasteiger charge is 2.36. The molecule has 2 unspecified atom stereocenters. The highest BCUT2D eigenvalue weighted by atomic mass is 16.5. The van der Waals surface area contributed by atoms with Crippen LogP contribution in [0.15, 0.2) is 0 Å². The van der Waals surface area contributed by atoms with Gasteiger partial charge in [-0.3, -0.25) is 0 Å². The summed E-state index contributed by atoms with van der Waals surface area (Å²) >= 11 is 0. The Bertz CT molecular complexity index is 229. The molecule has 0 aliphatic carbocycles. The molecule has 0 saturated carbocycles. The Labute approximate surface area is 113 Å². The van der Waals surface area contributed by atoms with Crippen LogP contribution in [0.4, 0.5) is 0 Å². The van der Waals surface area contributed by atoms with E-state index in [1.165, 1.54) is 12.8 Å². The summed E-state index contributed by atoms with van der Waals surface area (Å²) in [6.45, 7) is 11.7. The van der Waals surface area contributed by atoms with Crippen molar-refractivity contribution in [3.63, 3.8) is 0 Å². The van der Waals surface area contributed by atoms with Gasteiger partial charge in [0.15, 0.2) is 0 Å². The Balaban J connectivity index is 2.55. The summed E-state index contributed by atoms with van der Waals surface area (Å²) in [4.78, 5) is 0. The minimum atomic E-state index is 0.107. The molecule has 3 N–H and O–H groups in total. The maximum atomic E-state index is 6.05. The van der Waals surface area contributed by atoms with Crippen LogP contribution >= 0.6 is 0 Å². The molecule has 0 aromatic heterocycles. The van der Waals surface area contributed by atoms with Gasteiger partial charge in [-0.25, -0.2) is 0 Å². The van der Waals surface area contributed by atoms with Crippen molar-refractivity contribution in [3.05, 3.63) is 0 Å². The minimum Gasteiger partial charge on any atom is -0.378 e. The molecule has 0 amide bonds. The fourth-order valence-corrected chi connectivity index (χ4v) is 2.74. The van der Waals surface area contributed by atoms with Crippen LogP contribution in [0.25, 0.3) is 0 Å². The van der Waals surface area contributed by atoms with Crippen molar-refractivity contribution in [2.75, 3.05) is 19.7 Å². The molecule has 3 heteroatoms. The fourth-order valence-electron chi connectivity index (χ4n) is 2.74. The predicted octanol–water partition coefficient (Wildman–Crippen LogP) is 2.54. The standard InChI is InChI=1S/C15H32N2O/c1-5-13(6-2)10-17-15(11-16)7-8-18-14(9-15)12(3)4/h12-14,17H,5-11,16H2,1-4H3. The first-order valence-electron chi connectivity index (χ1n) is 7.63. The Kier molecular flexibility index (Phi) is 6.61. The molecule has 1 aliphatic heterocycles. The third-order valence-corrected chi connectivity index (χ3v) is 4.56. The zero-order valence-corrected chi connectivity index (χ0v) is 12.7. The summed E-state index contributed by atoms with van der Waals surface area (Å²) in [5.74, 6) is 1.35. The van der Waals surface area contributed by atoms with Gasteiger partial charge in [0, 0.05) is 18.7 Å². The van der Waals surface area contributed by atoms with E-state index in [1.54, 1.807) is 0 Å². The first-order chi connectivity index (χ1) is 8.56. The quantitative estimate of drug-likeness (QED) is 0.736. The Hall–Kier alpha value is -0.120. The summed E-state index contributed by atoms with van der Waals surface area (Å²) in [6.07, 6.45) is 4.95. The molecule has 18 heavy (non-hydrogen) atoms. The predicted molar refractivity (Wildman–Crippen MR) is 77.7 cm³/mol. The Morgan fingerprint density at radius 2 is 2.00 bits per heavy atom. The largest absolute Gasteiger partial charge is 0.378 e. The van der Waals surface area contributed by atoms with Crippen molar-refractivity contribution in [1.82, 2.24) is 5.32 Å². The molecule has 108 valence electrons. The van der Waals surface area contributed by atoms with Crippen LogP contribution in [0.2, 0.25) is 0 Å². The number of rotatable bonds is 7. The van der Waals surface area contributed by atoms with Crippen LogP contribution in [0, 0.1) is 11.8 Å². The topological polar surface area (TPSA) is 47.3 Å². The van der Waals surface area contributed by atoms with Gasteiger partial charge in [0.05, 0.1) is 6.10 Å². The third kappa shape index (κ3) is 4.22. The summed E-state index contributed by atoms with van der Waals surface area (Å²) in [7, 11) is 0. The van der Waals surface area contributed by atoms with E-state index >= 15 is 0 Å². The van der Waals surface area contributed by atoms with Gasteiger partial charge < -0.3 is 15.8 Å². The Morgan fingerprint density at radius 1 is 1.33 bits per heavy atom. The monoisotopic (exact) mass is 256 g/mol. The SMILES string of the molecule is CCC(CC)CNC1(CN)CCOC(C(C)C)C1. The fraction of sp³-hybridized carbons (Fsp3) is 1.00. The molecular weight excluding hydrogens is 224 g/mol. The van der Waals surface area contributed by atoms with Gasteiger partial charge in [-0.05, 0) is 31.2 Å². The molecule has 0 aromatic carbocycles. The minimum absolute atomic E-state index is 0.107. The molecule has 2 atom stereocenters. The van der Waals surface area contributed by atoms with E-state index < -0.39 is 0 Å². The van der Waals surface area contributed by atoms with E-state index in [0.717, 1.165) is 38.5 Å². The zero-order valence-electron chi connectivity index (χ0n) is 12.7. The number of nitrogens with one attached hydrogen (secondary N) is 1. The molecule has 1 heterocycles. The van der Waals surface area contributed by atoms with Crippen LogP contribution in [0.1, 0.15) is 53.4 Å². The average molecular weight is 256 g/mol. The second-order valence-electron chi connectivity index (χ2n) is 6.16. The lowest BCUT2D eigenvalue weighted by Crippen LogP contribution is -2.58. The molecular formula is C15H32N2O. The smallest absolute Gasteiger partial charge is 0.0616 e. The second kappa shape index (κ2) is 7.46. The third-order valence-electron chi connectivity index (χ3n) is 4.56. The van der Waals surface area contributed by atoms with Gasteiger partial charge in [-0.15, -0.1) is 0 Å². The van der Waals surface area contributed by atoms with Crippen LogP contribution in [0.3, 0.4) is 0 Å². The first-order valence-corrected chi connectivity index (χ1v) is 7.63. The number of hydrogen-bond donors (Lipinski definition) is 2. The van der Waals surface area contributed by atoms with Gasteiger partial charge in [0.2, 0.25) is 0 Å². The van der Waals surface area contributed by atoms with Crippen molar-refractivity contribution in [2.45, 2.75) is 65.0 Å². The number of nitrogens with two attached hydrogens (primary N) is 1. The maximum Gasteiger partial charge on any atom is 0.0616 e. The molecule has 1 rings (SSSR count). The first kappa shape index (κ1) is 15.9. The normalized spacial score (nSPS) is 29.2. The Morgan fingerprint density at radius 3 is 2.50 bits per heavy atom. The van der Waals surface area contributed by atoms with Crippen molar-refractivity contribution in [3.8, 4) is 0 Å². The zero-order chi connectivity index (χ0) is 13.6. The summed E-state index contributed by atoms with van der Waals surface area (Å²) in [5.41, 5.74) is 6.16. The summed E-state index contributed by atoms with van der Waals surface area (Å²) in [5, 5.41) is 3.77. The highest BCUT2D eigenvalue weighted by molar-refractivity contribution is 4.95. The van der Waals surface area contributed by atoms with E-state index in [2.05, 4.69) is 33.0 Å². The van der Waals surface area contributed by atoms with Crippen LogP contribution in [0.5, 0.6) is 0 Å².